The Labute approximate surface area is 217 Å². The second kappa shape index (κ2) is 9.56. The van der Waals surface area contributed by atoms with Crippen molar-refractivity contribution in [1.82, 2.24) is 4.90 Å². The van der Waals surface area contributed by atoms with Crippen LogP contribution in [0.25, 0.3) is 0 Å². The summed E-state index contributed by atoms with van der Waals surface area (Å²) in [6.45, 7) is -22.2. The van der Waals surface area contributed by atoms with E-state index in [4.69, 9.17) is 47.4 Å². The van der Waals surface area contributed by atoms with E-state index in [9.17, 15) is 13.0 Å². The van der Waals surface area contributed by atoms with Crippen LogP contribution in [0.15, 0.2) is 12.1 Å². The lowest BCUT2D eigenvalue weighted by Gasteiger charge is -2.47. The summed E-state index contributed by atoms with van der Waals surface area (Å²) in [6, 6.07) is -6.21. The number of piperidine rings is 1. The monoisotopic (exact) mass is 444 g/mol. The van der Waals surface area contributed by atoms with Crippen LogP contribution in [-0.4, -0.2) is 50.2 Å². The van der Waals surface area contributed by atoms with Crippen LogP contribution in [0.1, 0.15) is 92.9 Å². The van der Waals surface area contributed by atoms with Gasteiger partial charge in [-0.2, -0.15) is 0 Å². The molecule has 6 heteroatoms. The van der Waals surface area contributed by atoms with Crippen LogP contribution in [0, 0.1) is 17.7 Å². The lowest BCUT2D eigenvalue weighted by atomic mass is 9.79. The van der Waals surface area contributed by atoms with Crippen molar-refractivity contribution in [1.29, 1.82) is 0 Å². The van der Waals surface area contributed by atoms with Gasteiger partial charge in [0.2, 0.25) is 0 Å². The van der Waals surface area contributed by atoms with Crippen molar-refractivity contribution < 1.29 is 54.6 Å². The Bertz CT molecular complexity index is 1670. The highest BCUT2D eigenvalue weighted by atomic mass is 16.5. The maximum atomic E-state index is 13.9. The molecule has 0 radical (unpaired) electrons. The molecule has 1 saturated heterocycles. The summed E-state index contributed by atoms with van der Waals surface area (Å²) in [5.74, 6) is -17.5. The highest BCUT2D eigenvalue weighted by molar-refractivity contribution is 5.76. The van der Waals surface area contributed by atoms with E-state index in [-0.39, 0.29) is 16.2 Å². The Morgan fingerprint density at radius 3 is 2.90 bits per heavy atom. The third kappa shape index (κ3) is 4.75. The maximum Gasteiger partial charge on any atom is 0.323 e. The molecule has 1 fully saturated rings. The number of carbonyl (C=O) groups excluding carboxylic acids is 1. The van der Waals surface area contributed by atoms with Crippen LogP contribution in [0.2, 0.25) is 0 Å². The number of nitrogens with zero attached hydrogens (tertiary/aromatic N) is 1. The van der Waals surface area contributed by atoms with Gasteiger partial charge >= 0.3 is 5.97 Å². The van der Waals surface area contributed by atoms with Gasteiger partial charge in [0.25, 0.3) is 0 Å². The third-order valence-corrected chi connectivity index (χ3v) is 4.39. The predicted molar refractivity (Wildman–Crippen MR) is 118 cm³/mol. The van der Waals surface area contributed by atoms with Gasteiger partial charge < -0.3 is 19.9 Å². The Morgan fingerprint density at radius 1 is 1.40 bits per heavy atom. The highest BCUT2D eigenvalue weighted by Gasteiger charge is 2.41. The molecule has 3 unspecified atom stereocenters. The fraction of sp³-hybridized carbons (Fsp3) is 0.708. The summed E-state index contributed by atoms with van der Waals surface area (Å²) in [7, 11) is -2.18. The lowest BCUT2D eigenvalue weighted by molar-refractivity contribution is -0.160. The number of rotatable bonds is 7. The van der Waals surface area contributed by atoms with Crippen molar-refractivity contribution in [3.05, 3.63) is 23.3 Å². The number of benzene rings is 1. The molecule has 2 N–H and O–H groups in total. The molecule has 0 amide bonds. The lowest BCUT2D eigenvalue weighted by Crippen LogP contribution is -2.51. The van der Waals surface area contributed by atoms with Gasteiger partial charge in [-0.15, -0.1) is 0 Å². The van der Waals surface area contributed by atoms with Gasteiger partial charge in [-0.05, 0) is 47.8 Å². The SMILES string of the molecule is [2H]C([2H])([2H])Oc1cc2c(cc1OC)CCN1C([2H])([2H])C([2H])(C([2H])([2H])C([2H])(C([2H])([2H])[2H])C([2H])([2H])[2H])C(OC(=O)[C@@]([2H])(N)C([2H])(C([2H])([2H])[2H])C([2H])([2H])[2H])C([2H])([2H])C21[2H]. The van der Waals surface area contributed by atoms with E-state index in [0.717, 1.165) is 13.2 Å². The smallest absolute Gasteiger partial charge is 0.323 e. The molecule has 0 aliphatic carbocycles. The Morgan fingerprint density at radius 2 is 2.20 bits per heavy atom. The van der Waals surface area contributed by atoms with Crippen molar-refractivity contribution in [3.63, 3.8) is 0 Å². The molecule has 6 nitrogen and oxygen atoms in total. The molecular weight excluding hydrogens is 380 g/mol. The van der Waals surface area contributed by atoms with E-state index < -0.39 is 120 Å². The maximum absolute atomic E-state index is 13.9. The number of hydrogen-bond acceptors (Lipinski definition) is 6. The largest absolute Gasteiger partial charge is 0.493 e. The third-order valence-electron chi connectivity index (χ3n) is 4.39. The van der Waals surface area contributed by atoms with Crippen LogP contribution in [0.3, 0.4) is 0 Å². The number of fused-ring (bicyclic) bond motifs is 3. The number of ether oxygens (including phenoxy) is 3. The van der Waals surface area contributed by atoms with Crippen molar-refractivity contribution in [3.8, 4) is 11.5 Å². The second-order valence-electron chi connectivity index (χ2n) is 6.26. The summed E-state index contributed by atoms with van der Waals surface area (Å²) in [4.78, 5) is 14.1. The quantitative estimate of drug-likeness (QED) is 0.648. The molecule has 1 aromatic carbocycles. The zero-order valence-electron chi connectivity index (χ0n) is 41.8. The topological polar surface area (TPSA) is 74.0 Å². The van der Waals surface area contributed by atoms with Gasteiger partial charge in [0, 0.05) is 60.1 Å². The molecule has 3 rings (SSSR count). The molecule has 0 aromatic heterocycles. The van der Waals surface area contributed by atoms with Gasteiger partial charge in [-0.3, -0.25) is 9.69 Å². The number of hydrogen-bond donors (Lipinski definition) is 1. The first-order valence-corrected chi connectivity index (χ1v) is 8.55. The molecule has 2 aliphatic heterocycles. The number of carbonyl (C=O) groups is 1. The highest BCUT2D eigenvalue weighted by Crippen LogP contribution is 2.44. The standard InChI is InChI=1S/C24H38N2O4/c1-14(2)9-17-13-26-8-7-16-10-21(28-5)22(29-6)11-18(16)19(26)12-20(17)30-24(27)23(25)15(3)4/h10-11,14-15,17,19-20,23H,7-9,12-13,25H2,1-6H3/t17?,19?,20?,23-/m0/s1/i1D3,2D3,3D3,4D3,6D3,9D2,12D2,13D2,14D,15D,17D,19D,23D. The van der Waals surface area contributed by atoms with Crippen LogP contribution < -0.4 is 15.2 Å². The van der Waals surface area contributed by atoms with Gasteiger partial charge in [0.05, 0.1) is 21.0 Å². The van der Waals surface area contributed by atoms with Crippen LogP contribution >= 0.6 is 0 Å². The summed E-state index contributed by atoms with van der Waals surface area (Å²) in [6.07, 6.45) is -13.2. The van der Waals surface area contributed by atoms with E-state index in [1.54, 1.807) is 0 Å². The average molecular weight is 445 g/mol. The Hall–Kier alpha value is -1.79. The fourth-order valence-electron chi connectivity index (χ4n) is 3.02. The molecule has 168 valence electrons. The van der Waals surface area contributed by atoms with Crippen molar-refractivity contribution >= 4 is 5.97 Å². The zero-order valence-corrected chi connectivity index (χ0v) is 15.8. The van der Waals surface area contributed by atoms with E-state index in [1.165, 1.54) is 0 Å². The molecule has 0 spiro atoms. The van der Waals surface area contributed by atoms with Crippen LogP contribution in [0.4, 0.5) is 0 Å². The second-order valence-corrected chi connectivity index (χ2v) is 6.26. The summed E-state index contributed by atoms with van der Waals surface area (Å²) in [5.41, 5.74) is 4.75. The first-order chi connectivity index (χ1) is 24.4. The number of esters is 1. The van der Waals surface area contributed by atoms with Gasteiger partial charge in [-0.25, -0.2) is 0 Å². The molecule has 2 aliphatic rings. The van der Waals surface area contributed by atoms with Gasteiger partial charge in [0.1, 0.15) is 12.1 Å². The van der Waals surface area contributed by atoms with Crippen molar-refractivity contribution in [2.24, 2.45) is 23.4 Å². The number of nitrogens with two attached hydrogens (primary N) is 1. The van der Waals surface area contributed by atoms with Crippen LogP contribution in [0.5, 0.6) is 11.5 Å². The molecular formula is C24H38N2O4. The van der Waals surface area contributed by atoms with Crippen molar-refractivity contribution in [2.45, 2.75) is 64.7 Å². The number of methoxy groups -OCH3 is 2. The molecule has 1 aromatic rings. The molecule has 0 bridgehead atoms. The van der Waals surface area contributed by atoms with E-state index >= 15 is 0 Å². The van der Waals surface area contributed by atoms with Gasteiger partial charge in [0.15, 0.2) is 11.5 Å². The minimum atomic E-state index is -4.80. The van der Waals surface area contributed by atoms with Crippen LogP contribution in [-0.2, 0) is 16.0 Å². The minimum absolute atomic E-state index is 0.110. The minimum Gasteiger partial charge on any atom is -0.493 e. The average Bonchev–Trinajstić information content (AvgIpc) is 2.98. The van der Waals surface area contributed by atoms with E-state index in [0.29, 0.717) is 6.07 Å². The zero-order chi connectivity index (χ0) is 44.5. The first kappa shape index (κ1) is 6.61. The molecule has 2 heterocycles. The van der Waals surface area contributed by atoms with E-state index in [1.807, 2.05) is 0 Å². The molecule has 4 atom stereocenters. The predicted octanol–water partition coefficient (Wildman–Crippen LogP) is 3.56. The van der Waals surface area contributed by atoms with Crippen molar-refractivity contribution in [2.75, 3.05) is 27.2 Å². The first-order valence-electron chi connectivity index (χ1n) is 21.6. The Kier molecular flexibility index (Phi) is 2.11. The Balaban J connectivity index is 2.61. The molecule has 0 saturated carbocycles. The normalized spacial score (nSPS) is 50.3. The van der Waals surface area contributed by atoms with E-state index in [2.05, 4.69) is 0 Å². The fourth-order valence-corrected chi connectivity index (χ4v) is 3.02. The van der Waals surface area contributed by atoms with Gasteiger partial charge in [-0.1, -0.05) is 27.4 Å². The molecule has 30 heavy (non-hydrogen) atoms. The summed E-state index contributed by atoms with van der Waals surface area (Å²) >= 11 is 0. The summed E-state index contributed by atoms with van der Waals surface area (Å²) < 4.78 is 231. The summed E-state index contributed by atoms with van der Waals surface area (Å²) in [5, 5.41) is 0.